The smallest absolute Gasteiger partial charge is 0.152 e. The van der Waals surface area contributed by atoms with Gasteiger partial charge in [0.25, 0.3) is 0 Å². The normalized spacial score (nSPS) is 17.6. The van der Waals surface area contributed by atoms with Crippen molar-refractivity contribution in [1.82, 2.24) is 10.2 Å². The van der Waals surface area contributed by atoms with Crippen molar-refractivity contribution in [2.24, 2.45) is 0 Å². The molecule has 0 atom stereocenters. The minimum absolute atomic E-state index is 0.272. The molecule has 0 spiro atoms. The zero-order chi connectivity index (χ0) is 14.1. The highest BCUT2D eigenvalue weighted by atomic mass is 16.1. The van der Waals surface area contributed by atoms with Crippen LogP contribution in [0.5, 0.6) is 0 Å². The molecule has 1 fully saturated rings. The summed E-state index contributed by atoms with van der Waals surface area (Å²) in [5.41, 5.74) is -0.272. The van der Waals surface area contributed by atoms with Crippen molar-refractivity contribution in [2.45, 2.75) is 71.3 Å². The van der Waals surface area contributed by atoms with Gasteiger partial charge in [0.2, 0.25) is 0 Å². The van der Waals surface area contributed by atoms with E-state index in [0.29, 0.717) is 5.78 Å². The van der Waals surface area contributed by atoms with Crippen molar-refractivity contribution in [3.05, 3.63) is 0 Å². The molecule has 0 amide bonds. The number of piperazine rings is 1. The Kier molecular flexibility index (Phi) is 7.62. The van der Waals surface area contributed by atoms with Crippen LogP contribution in [-0.4, -0.2) is 42.4 Å². The molecule has 0 unspecified atom stereocenters. The Bertz CT molecular complexity index is 257. The molecule has 1 rings (SSSR count). The Morgan fingerprint density at radius 2 is 1.63 bits per heavy atom. The van der Waals surface area contributed by atoms with Gasteiger partial charge in [-0.25, -0.2) is 0 Å². The number of rotatable bonds is 9. The molecule has 1 aliphatic rings. The number of hydrogen-bond acceptors (Lipinski definition) is 3. The van der Waals surface area contributed by atoms with Crippen LogP contribution in [0.1, 0.15) is 65.7 Å². The van der Waals surface area contributed by atoms with Crippen molar-refractivity contribution in [1.29, 1.82) is 0 Å². The first-order valence-electron chi connectivity index (χ1n) is 8.08. The summed E-state index contributed by atoms with van der Waals surface area (Å²) in [6, 6.07) is 0. The standard InChI is InChI=1S/C16H32N2O/c1-4-5-6-7-8-9-10-15(19)16(2,3)18-13-11-17-12-14-18/h17H,4-14H2,1-3H3. The molecule has 0 aromatic rings. The van der Waals surface area contributed by atoms with Gasteiger partial charge in [-0.2, -0.15) is 0 Å². The Morgan fingerprint density at radius 1 is 1.05 bits per heavy atom. The van der Waals surface area contributed by atoms with Gasteiger partial charge in [-0.05, 0) is 20.3 Å². The zero-order valence-electron chi connectivity index (χ0n) is 13.1. The van der Waals surface area contributed by atoms with E-state index in [9.17, 15) is 4.79 Å². The predicted molar refractivity (Wildman–Crippen MR) is 81.5 cm³/mol. The quantitative estimate of drug-likeness (QED) is 0.653. The molecule has 0 aromatic carbocycles. The summed E-state index contributed by atoms with van der Waals surface area (Å²) in [6.45, 7) is 10.4. The van der Waals surface area contributed by atoms with Gasteiger partial charge in [-0.3, -0.25) is 9.69 Å². The van der Waals surface area contributed by atoms with E-state index >= 15 is 0 Å². The van der Waals surface area contributed by atoms with Gasteiger partial charge in [0.1, 0.15) is 0 Å². The summed E-state index contributed by atoms with van der Waals surface area (Å²) in [5, 5.41) is 3.34. The van der Waals surface area contributed by atoms with E-state index in [0.717, 1.165) is 39.0 Å². The molecule has 3 nitrogen and oxygen atoms in total. The molecular weight excluding hydrogens is 236 g/mol. The van der Waals surface area contributed by atoms with E-state index in [2.05, 4.69) is 31.0 Å². The lowest BCUT2D eigenvalue weighted by atomic mass is 9.91. The fourth-order valence-electron chi connectivity index (χ4n) is 2.77. The molecule has 3 heteroatoms. The van der Waals surface area contributed by atoms with Crippen molar-refractivity contribution < 1.29 is 4.79 Å². The van der Waals surface area contributed by atoms with Crippen molar-refractivity contribution in [3.8, 4) is 0 Å². The molecule has 1 N–H and O–H groups in total. The Hall–Kier alpha value is -0.410. The largest absolute Gasteiger partial charge is 0.314 e. The lowest BCUT2D eigenvalue weighted by Crippen LogP contribution is -2.57. The topological polar surface area (TPSA) is 32.3 Å². The third-order valence-electron chi connectivity index (χ3n) is 4.35. The molecule has 0 aromatic heterocycles. The SMILES string of the molecule is CCCCCCCCC(=O)C(C)(C)N1CCNCC1. The van der Waals surface area contributed by atoms with Gasteiger partial charge < -0.3 is 5.32 Å². The summed E-state index contributed by atoms with van der Waals surface area (Å²) in [6.07, 6.45) is 8.26. The summed E-state index contributed by atoms with van der Waals surface area (Å²) < 4.78 is 0. The lowest BCUT2D eigenvalue weighted by Gasteiger charge is -2.40. The summed E-state index contributed by atoms with van der Waals surface area (Å²) >= 11 is 0. The van der Waals surface area contributed by atoms with Gasteiger partial charge in [-0.15, -0.1) is 0 Å². The number of ketones is 1. The second kappa shape index (κ2) is 8.70. The molecule has 0 radical (unpaired) electrons. The first-order chi connectivity index (χ1) is 9.09. The summed E-state index contributed by atoms with van der Waals surface area (Å²) in [7, 11) is 0. The van der Waals surface area contributed by atoms with E-state index in [4.69, 9.17) is 0 Å². The second-order valence-electron chi connectivity index (χ2n) is 6.24. The van der Waals surface area contributed by atoms with Crippen LogP contribution in [-0.2, 0) is 4.79 Å². The van der Waals surface area contributed by atoms with E-state index in [1.54, 1.807) is 0 Å². The van der Waals surface area contributed by atoms with E-state index < -0.39 is 0 Å². The van der Waals surface area contributed by atoms with Crippen molar-refractivity contribution in [2.75, 3.05) is 26.2 Å². The maximum atomic E-state index is 12.4. The first kappa shape index (κ1) is 16.6. The van der Waals surface area contributed by atoms with Crippen LogP contribution in [0.4, 0.5) is 0 Å². The third-order valence-corrected chi connectivity index (χ3v) is 4.35. The molecule has 1 heterocycles. The van der Waals surface area contributed by atoms with Gasteiger partial charge >= 0.3 is 0 Å². The zero-order valence-corrected chi connectivity index (χ0v) is 13.1. The van der Waals surface area contributed by atoms with Crippen LogP contribution >= 0.6 is 0 Å². The van der Waals surface area contributed by atoms with Crippen molar-refractivity contribution >= 4 is 5.78 Å². The van der Waals surface area contributed by atoms with E-state index in [-0.39, 0.29) is 5.54 Å². The van der Waals surface area contributed by atoms with Gasteiger partial charge in [0.05, 0.1) is 5.54 Å². The highest BCUT2D eigenvalue weighted by molar-refractivity contribution is 5.87. The maximum Gasteiger partial charge on any atom is 0.152 e. The third kappa shape index (κ3) is 5.62. The molecule has 112 valence electrons. The van der Waals surface area contributed by atoms with Crippen LogP contribution < -0.4 is 5.32 Å². The molecule has 19 heavy (non-hydrogen) atoms. The summed E-state index contributed by atoms with van der Waals surface area (Å²) in [4.78, 5) is 14.7. The first-order valence-corrected chi connectivity index (χ1v) is 8.08. The number of nitrogens with one attached hydrogen (secondary N) is 1. The lowest BCUT2D eigenvalue weighted by molar-refractivity contribution is -0.130. The highest BCUT2D eigenvalue weighted by Gasteiger charge is 2.33. The van der Waals surface area contributed by atoms with Crippen molar-refractivity contribution in [3.63, 3.8) is 0 Å². The number of carbonyl (C=O) groups is 1. The fourth-order valence-corrected chi connectivity index (χ4v) is 2.77. The van der Waals surface area contributed by atoms with Crippen LogP contribution in [0.2, 0.25) is 0 Å². The molecule has 1 aliphatic heterocycles. The maximum absolute atomic E-state index is 12.4. The van der Waals surface area contributed by atoms with Crippen LogP contribution in [0.15, 0.2) is 0 Å². The summed E-state index contributed by atoms with van der Waals surface area (Å²) in [5.74, 6) is 0.421. The monoisotopic (exact) mass is 268 g/mol. The number of nitrogens with zero attached hydrogens (tertiary/aromatic N) is 1. The molecule has 1 saturated heterocycles. The Balaban J connectivity index is 2.22. The molecule has 0 bridgehead atoms. The average Bonchev–Trinajstić information content (AvgIpc) is 2.43. The van der Waals surface area contributed by atoms with Gasteiger partial charge in [0, 0.05) is 32.6 Å². The Labute approximate surface area is 119 Å². The number of Topliss-reactive ketones (excluding diaryl/α,β-unsaturated/α-hetero) is 1. The van der Waals surface area contributed by atoms with Crippen LogP contribution in [0, 0.1) is 0 Å². The van der Waals surface area contributed by atoms with E-state index in [1.807, 2.05) is 0 Å². The predicted octanol–water partition coefficient (Wildman–Crippen LogP) is 2.99. The second-order valence-corrected chi connectivity index (χ2v) is 6.24. The number of unbranched alkanes of at least 4 members (excludes halogenated alkanes) is 5. The van der Waals surface area contributed by atoms with Gasteiger partial charge in [-0.1, -0.05) is 39.0 Å². The van der Waals surface area contributed by atoms with E-state index in [1.165, 1.54) is 32.1 Å². The minimum atomic E-state index is -0.272. The van der Waals surface area contributed by atoms with Gasteiger partial charge in [0.15, 0.2) is 5.78 Å². The average molecular weight is 268 g/mol. The Morgan fingerprint density at radius 3 is 2.26 bits per heavy atom. The minimum Gasteiger partial charge on any atom is -0.314 e. The number of hydrogen-bond donors (Lipinski definition) is 1. The molecule has 0 aliphatic carbocycles. The highest BCUT2D eigenvalue weighted by Crippen LogP contribution is 2.20. The molecule has 0 saturated carbocycles. The van der Waals surface area contributed by atoms with Crippen LogP contribution in [0.3, 0.4) is 0 Å². The van der Waals surface area contributed by atoms with Crippen LogP contribution in [0.25, 0.3) is 0 Å². The number of carbonyl (C=O) groups excluding carboxylic acids is 1. The molecular formula is C16H32N2O. The fraction of sp³-hybridized carbons (Fsp3) is 0.938.